The molecular weight excluding hydrogens is 415 g/mol. The summed E-state index contributed by atoms with van der Waals surface area (Å²) < 4.78 is 45.7. The first-order valence-corrected chi connectivity index (χ1v) is 9.09. The van der Waals surface area contributed by atoms with Crippen LogP contribution < -0.4 is 10.5 Å². The second kappa shape index (κ2) is 6.52. The van der Waals surface area contributed by atoms with Gasteiger partial charge in [0.2, 0.25) is 0 Å². The van der Waals surface area contributed by atoms with Gasteiger partial charge in [-0.3, -0.25) is 14.2 Å². The topological polar surface area (TPSA) is 112 Å². The number of likely N-dealkylation sites (N-methyl/N-ethyl adjacent to an activating group) is 1. The van der Waals surface area contributed by atoms with Crippen molar-refractivity contribution < 1.29 is 22.7 Å². The van der Waals surface area contributed by atoms with Crippen LogP contribution in [0.2, 0.25) is 0 Å². The van der Waals surface area contributed by atoms with Crippen LogP contribution in [0.4, 0.5) is 19.0 Å². The Bertz CT molecular complexity index is 1350. The number of nitrogen functional groups attached to an aromatic ring is 1. The number of rotatable bonds is 2. The molecule has 4 aromatic rings. The Morgan fingerprint density at radius 2 is 2.10 bits per heavy atom. The molecule has 12 heteroatoms. The smallest absolute Gasteiger partial charge is 0.433 e. The highest BCUT2D eigenvalue weighted by Crippen LogP contribution is 2.39. The number of alkyl halides is 3. The van der Waals surface area contributed by atoms with E-state index in [0.717, 1.165) is 12.3 Å². The number of pyridine rings is 2. The molecule has 5 rings (SSSR count). The Morgan fingerprint density at radius 3 is 2.87 bits per heavy atom. The molecule has 1 atom stereocenters. The highest BCUT2D eigenvalue weighted by Gasteiger charge is 2.37. The lowest BCUT2D eigenvalue weighted by molar-refractivity contribution is -0.141. The summed E-state index contributed by atoms with van der Waals surface area (Å²) in [6, 6.07) is 3.37. The van der Waals surface area contributed by atoms with Gasteiger partial charge in [-0.25, -0.2) is 15.0 Å². The van der Waals surface area contributed by atoms with Crippen LogP contribution in [0.15, 0.2) is 36.9 Å². The van der Waals surface area contributed by atoms with Crippen LogP contribution in [-0.2, 0) is 6.18 Å². The number of hydrogen-bond acceptors (Lipinski definition) is 7. The molecule has 0 aromatic carbocycles. The fourth-order valence-electron chi connectivity index (χ4n) is 3.54. The predicted octanol–water partition coefficient (Wildman–Crippen LogP) is 2.48. The zero-order valence-electron chi connectivity index (χ0n) is 16.0. The van der Waals surface area contributed by atoms with Crippen LogP contribution in [0.25, 0.3) is 16.7 Å². The minimum Gasteiger partial charge on any atom is -0.491 e. The fraction of sp³-hybridized carbons (Fsp3) is 0.211. The Balaban J connectivity index is 1.49. The van der Waals surface area contributed by atoms with Crippen molar-refractivity contribution in [3.8, 4) is 5.75 Å². The van der Waals surface area contributed by atoms with Crippen molar-refractivity contribution >= 4 is 28.4 Å². The molecule has 0 bridgehead atoms. The van der Waals surface area contributed by atoms with Crippen LogP contribution in [0, 0.1) is 0 Å². The van der Waals surface area contributed by atoms with E-state index in [2.05, 4.69) is 19.9 Å². The average Bonchev–Trinajstić information content (AvgIpc) is 3.39. The number of nitrogens with zero attached hydrogens (tertiary/aromatic N) is 6. The van der Waals surface area contributed by atoms with E-state index in [1.165, 1.54) is 24.3 Å². The first kappa shape index (κ1) is 19.0. The van der Waals surface area contributed by atoms with Crippen molar-refractivity contribution in [2.75, 3.05) is 19.4 Å². The third-order valence-electron chi connectivity index (χ3n) is 5.17. The summed E-state index contributed by atoms with van der Waals surface area (Å²) in [6.45, 7) is 0.0119. The molecule has 1 amide bonds. The molecule has 0 radical (unpaired) electrons. The molecule has 0 aliphatic carbocycles. The minimum atomic E-state index is -4.58. The molecule has 5 heterocycles. The summed E-state index contributed by atoms with van der Waals surface area (Å²) in [5, 5.41) is 0. The monoisotopic (exact) mass is 429 g/mol. The number of anilines is 1. The van der Waals surface area contributed by atoms with Gasteiger partial charge >= 0.3 is 6.18 Å². The summed E-state index contributed by atoms with van der Waals surface area (Å²) >= 11 is 0. The Kier molecular flexibility index (Phi) is 4.00. The maximum Gasteiger partial charge on any atom is 0.433 e. The van der Waals surface area contributed by atoms with Gasteiger partial charge in [0, 0.05) is 24.9 Å². The molecular formula is C19H14F3N7O2. The zero-order chi connectivity index (χ0) is 21.9. The first-order valence-electron chi connectivity index (χ1n) is 9.09. The van der Waals surface area contributed by atoms with Gasteiger partial charge in [0.25, 0.3) is 5.91 Å². The number of ether oxygens (including phenoxy) is 1. The average molecular weight is 429 g/mol. The van der Waals surface area contributed by atoms with Crippen LogP contribution in [0.3, 0.4) is 0 Å². The van der Waals surface area contributed by atoms with Crippen molar-refractivity contribution in [1.29, 1.82) is 0 Å². The van der Waals surface area contributed by atoms with Crippen LogP contribution in [-0.4, -0.2) is 48.8 Å². The summed E-state index contributed by atoms with van der Waals surface area (Å²) in [6.07, 6.45) is -0.427. The van der Waals surface area contributed by atoms with E-state index in [4.69, 9.17) is 10.5 Å². The van der Waals surface area contributed by atoms with E-state index in [9.17, 15) is 18.0 Å². The van der Waals surface area contributed by atoms with Gasteiger partial charge in [0.1, 0.15) is 46.9 Å². The number of imidazole rings is 1. The van der Waals surface area contributed by atoms with Crippen LogP contribution in [0.1, 0.15) is 27.8 Å². The Labute approximate surface area is 172 Å². The van der Waals surface area contributed by atoms with E-state index in [-0.39, 0.29) is 23.9 Å². The van der Waals surface area contributed by atoms with Gasteiger partial charge in [-0.1, -0.05) is 0 Å². The van der Waals surface area contributed by atoms with Gasteiger partial charge in [-0.05, 0) is 12.1 Å². The molecule has 0 saturated carbocycles. The standard InChI is InChI=1S/C19H14F3N7O2/c1-28(13-7-31-14-4-15(19(20,21)22)25-5-9(13)14)18(30)11-3-2-10-17(27-11)29-8-24-6-12(29)16(23)26-10/h2-6,8,13H,7H2,1H3,(H2,23,26)/t13-/m1/s1. The lowest BCUT2D eigenvalue weighted by atomic mass is 10.1. The number of carbonyl (C=O) groups excluding carboxylic acids is 1. The summed E-state index contributed by atoms with van der Waals surface area (Å²) in [7, 11) is 1.53. The SMILES string of the molecule is CN(C(=O)c1ccc2nc(N)c3cncn3c2n1)[C@@H]1COc2cc(C(F)(F)F)ncc21. The lowest BCUT2D eigenvalue weighted by Gasteiger charge is -2.23. The maximum atomic E-state index is 13.1. The van der Waals surface area contributed by atoms with Crippen molar-refractivity contribution in [2.24, 2.45) is 0 Å². The highest BCUT2D eigenvalue weighted by atomic mass is 19.4. The fourth-order valence-corrected chi connectivity index (χ4v) is 3.54. The minimum absolute atomic E-state index is 0.0119. The molecule has 9 nitrogen and oxygen atoms in total. The molecule has 0 saturated heterocycles. The van der Waals surface area contributed by atoms with E-state index in [1.54, 1.807) is 16.7 Å². The van der Waals surface area contributed by atoms with E-state index in [1.807, 2.05) is 0 Å². The maximum absolute atomic E-state index is 13.1. The van der Waals surface area contributed by atoms with Gasteiger partial charge in [0.05, 0.1) is 12.2 Å². The van der Waals surface area contributed by atoms with Crippen molar-refractivity contribution in [3.63, 3.8) is 0 Å². The normalized spacial score (nSPS) is 15.8. The highest BCUT2D eigenvalue weighted by molar-refractivity contribution is 5.94. The van der Waals surface area contributed by atoms with Gasteiger partial charge in [-0.15, -0.1) is 0 Å². The zero-order valence-corrected chi connectivity index (χ0v) is 16.0. The largest absolute Gasteiger partial charge is 0.491 e. The number of aromatic nitrogens is 5. The molecule has 31 heavy (non-hydrogen) atoms. The summed E-state index contributed by atoms with van der Waals surface area (Å²) in [5.41, 5.74) is 6.84. The van der Waals surface area contributed by atoms with E-state index >= 15 is 0 Å². The number of nitrogens with two attached hydrogens (primary N) is 1. The Hall–Kier alpha value is -3.96. The van der Waals surface area contributed by atoms with Gasteiger partial charge in [-0.2, -0.15) is 13.2 Å². The lowest BCUT2D eigenvalue weighted by Crippen LogP contribution is -2.32. The van der Waals surface area contributed by atoms with E-state index < -0.39 is 23.8 Å². The van der Waals surface area contributed by atoms with Crippen molar-refractivity contribution in [1.82, 2.24) is 29.2 Å². The summed E-state index contributed by atoms with van der Waals surface area (Å²) in [5.74, 6) is -0.0972. The molecule has 0 spiro atoms. The van der Waals surface area contributed by atoms with Crippen molar-refractivity contribution in [2.45, 2.75) is 12.2 Å². The number of amides is 1. The second-order valence-electron chi connectivity index (χ2n) is 7.03. The van der Waals surface area contributed by atoms with Crippen LogP contribution in [0.5, 0.6) is 5.75 Å². The number of fused-ring (bicyclic) bond motifs is 4. The second-order valence-corrected chi connectivity index (χ2v) is 7.03. The number of halogens is 3. The first-order chi connectivity index (χ1) is 14.7. The molecule has 158 valence electrons. The van der Waals surface area contributed by atoms with Crippen LogP contribution >= 0.6 is 0 Å². The molecule has 0 fully saturated rings. The van der Waals surface area contributed by atoms with Crippen molar-refractivity contribution in [3.05, 3.63) is 53.9 Å². The quantitative estimate of drug-likeness (QED) is 0.521. The van der Waals surface area contributed by atoms with E-state index in [0.29, 0.717) is 22.2 Å². The third kappa shape index (κ3) is 2.98. The molecule has 0 unspecified atom stereocenters. The van der Waals surface area contributed by atoms with Gasteiger partial charge in [0.15, 0.2) is 5.65 Å². The Morgan fingerprint density at radius 1 is 1.29 bits per heavy atom. The van der Waals surface area contributed by atoms with Gasteiger partial charge < -0.3 is 15.4 Å². The predicted molar refractivity (Wildman–Crippen MR) is 102 cm³/mol. The molecule has 2 N–H and O–H groups in total. The summed E-state index contributed by atoms with van der Waals surface area (Å²) in [4.78, 5) is 30.7. The molecule has 4 aromatic heterocycles. The third-order valence-corrected chi connectivity index (χ3v) is 5.17. The number of carbonyl (C=O) groups is 1. The molecule has 1 aliphatic heterocycles. The molecule has 1 aliphatic rings. The number of hydrogen-bond donors (Lipinski definition) is 1.